The van der Waals surface area contributed by atoms with Crippen molar-refractivity contribution in [3.63, 3.8) is 0 Å². The number of hydrogen-bond acceptors (Lipinski definition) is 2. The van der Waals surface area contributed by atoms with E-state index >= 15 is 0 Å². The third-order valence-corrected chi connectivity index (χ3v) is 2.61. The van der Waals surface area contributed by atoms with Crippen molar-refractivity contribution in [1.82, 2.24) is 0 Å². The fourth-order valence-corrected chi connectivity index (χ4v) is 1.82. The molecule has 3 nitrogen and oxygen atoms in total. The number of benzene rings is 1. The van der Waals surface area contributed by atoms with E-state index in [0.717, 1.165) is 34.9 Å². The molecule has 0 aliphatic rings. The van der Waals surface area contributed by atoms with Crippen LogP contribution in [-0.2, 0) is 4.79 Å². The van der Waals surface area contributed by atoms with Gasteiger partial charge in [0.1, 0.15) is 5.75 Å². The molecule has 0 fully saturated rings. The number of rotatable bonds is 6. The van der Waals surface area contributed by atoms with Crippen LogP contribution in [0.2, 0.25) is 0 Å². The summed E-state index contributed by atoms with van der Waals surface area (Å²) in [6.07, 6.45) is 9.42. The predicted molar refractivity (Wildman–Crippen MR) is 76.1 cm³/mol. The third-order valence-electron chi connectivity index (χ3n) is 2.61. The van der Waals surface area contributed by atoms with Crippen molar-refractivity contribution >= 4 is 12.0 Å². The Bertz CT molecular complexity index is 498. The number of carbonyl (C=O) groups is 1. The fraction of sp³-hybridized carbons (Fsp3) is 0.312. The van der Waals surface area contributed by atoms with E-state index in [1.807, 2.05) is 26.0 Å². The highest BCUT2D eigenvalue weighted by atomic mass is 16.5. The maximum absolute atomic E-state index is 10.5. The van der Waals surface area contributed by atoms with Gasteiger partial charge in [0, 0.05) is 12.5 Å². The van der Waals surface area contributed by atoms with Gasteiger partial charge >= 0.3 is 5.97 Å². The number of aryl methyl sites for hydroxylation is 2. The molecule has 1 rings (SSSR count). The van der Waals surface area contributed by atoms with Gasteiger partial charge in [0.2, 0.25) is 0 Å². The number of unbranched alkanes of at least 4 members (excludes halogenated alkanes) is 1. The van der Waals surface area contributed by atoms with Crippen molar-refractivity contribution in [1.29, 1.82) is 0 Å². The fourth-order valence-electron chi connectivity index (χ4n) is 1.82. The standard InChI is InChI=1S/C16H18O3/c1-4-5-6-9-19-16-12(2)10-14(11-13(16)3)7-8-15(17)18/h1,7-8,10-11H,5-6,9H2,2-3H3,(H,17,18)/b8-7+. The average Bonchev–Trinajstić information content (AvgIpc) is 2.34. The Kier molecular flexibility index (Phi) is 5.69. The van der Waals surface area contributed by atoms with Gasteiger partial charge in [0.15, 0.2) is 0 Å². The van der Waals surface area contributed by atoms with Gasteiger partial charge in [0.05, 0.1) is 6.61 Å². The van der Waals surface area contributed by atoms with Crippen LogP contribution in [0, 0.1) is 26.2 Å². The van der Waals surface area contributed by atoms with E-state index in [1.165, 1.54) is 0 Å². The minimum Gasteiger partial charge on any atom is -0.493 e. The molecule has 1 aromatic rings. The molecule has 1 aromatic carbocycles. The SMILES string of the molecule is C#CCCCOc1c(C)cc(/C=C/C(=O)O)cc1C. The van der Waals surface area contributed by atoms with Gasteiger partial charge in [0.25, 0.3) is 0 Å². The van der Waals surface area contributed by atoms with Gasteiger partial charge in [-0.1, -0.05) is 0 Å². The van der Waals surface area contributed by atoms with E-state index in [9.17, 15) is 4.79 Å². The van der Waals surface area contributed by atoms with E-state index in [4.69, 9.17) is 16.3 Å². The Morgan fingerprint density at radius 2 is 2.05 bits per heavy atom. The summed E-state index contributed by atoms with van der Waals surface area (Å²) >= 11 is 0. The minimum atomic E-state index is -0.954. The lowest BCUT2D eigenvalue weighted by atomic mass is 10.1. The first-order valence-electron chi connectivity index (χ1n) is 6.13. The summed E-state index contributed by atoms with van der Waals surface area (Å²) in [4.78, 5) is 10.5. The van der Waals surface area contributed by atoms with Crippen LogP contribution in [-0.4, -0.2) is 17.7 Å². The van der Waals surface area contributed by atoms with Crippen LogP contribution < -0.4 is 4.74 Å². The number of terminal acetylenes is 1. The topological polar surface area (TPSA) is 46.5 Å². The lowest BCUT2D eigenvalue weighted by Crippen LogP contribution is -2.00. The van der Waals surface area contributed by atoms with E-state index in [1.54, 1.807) is 6.08 Å². The van der Waals surface area contributed by atoms with Crippen molar-refractivity contribution in [2.24, 2.45) is 0 Å². The number of carboxylic acids is 1. The van der Waals surface area contributed by atoms with E-state index in [2.05, 4.69) is 5.92 Å². The van der Waals surface area contributed by atoms with Crippen LogP contribution in [0.4, 0.5) is 0 Å². The van der Waals surface area contributed by atoms with Gasteiger partial charge < -0.3 is 9.84 Å². The zero-order valence-corrected chi connectivity index (χ0v) is 11.3. The van der Waals surface area contributed by atoms with E-state index < -0.39 is 5.97 Å². The molecule has 1 N–H and O–H groups in total. The van der Waals surface area contributed by atoms with Gasteiger partial charge in [-0.2, -0.15) is 0 Å². The molecule has 19 heavy (non-hydrogen) atoms. The molecular weight excluding hydrogens is 240 g/mol. The molecule has 3 heteroatoms. The smallest absolute Gasteiger partial charge is 0.328 e. The summed E-state index contributed by atoms with van der Waals surface area (Å²) in [6.45, 7) is 4.49. The largest absolute Gasteiger partial charge is 0.493 e. The Labute approximate surface area is 113 Å². The molecule has 0 amide bonds. The number of hydrogen-bond donors (Lipinski definition) is 1. The van der Waals surface area contributed by atoms with E-state index in [0.29, 0.717) is 13.0 Å². The highest BCUT2D eigenvalue weighted by molar-refractivity contribution is 5.85. The predicted octanol–water partition coefficient (Wildman–Crippen LogP) is 3.19. The van der Waals surface area contributed by atoms with Crippen molar-refractivity contribution in [3.05, 3.63) is 34.9 Å². The van der Waals surface area contributed by atoms with Gasteiger partial charge in [-0.3, -0.25) is 0 Å². The molecule has 0 aromatic heterocycles. The Balaban J connectivity index is 2.80. The first kappa shape index (κ1) is 14.8. The molecule has 0 radical (unpaired) electrons. The van der Waals surface area contributed by atoms with Crippen LogP contribution in [0.15, 0.2) is 18.2 Å². The Morgan fingerprint density at radius 1 is 1.42 bits per heavy atom. The second-order valence-electron chi connectivity index (χ2n) is 4.31. The minimum absolute atomic E-state index is 0.593. The summed E-state index contributed by atoms with van der Waals surface area (Å²) in [5.41, 5.74) is 2.84. The maximum atomic E-state index is 10.5. The molecule has 0 aliphatic carbocycles. The highest BCUT2D eigenvalue weighted by Crippen LogP contribution is 2.25. The quantitative estimate of drug-likeness (QED) is 0.484. The van der Waals surface area contributed by atoms with Crippen molar-refractivity contribution in [2.45, 2.75) is 26.7 Å². The summed E-state index contributed by atoms with van der Waals surface area (Å²) in [7, 11) is 0. The van der Waals surface area contributed by atoms with Crippen LogP contribution in [0.5, 0.6) is 5.75 Å². The molecule has 0 spiro atoms. The van der Waals surface area contributed by atoms with Gasteiger partial charge in [-0.15, -0.1) is 12.3 Å². The highest BCUT2D eigenvalue weighted by Gasteiger charge is 2.05. The summed E-state index contributed by atoms with van der Waals surface area (Å²) in [6, 6.07) is 3.81. The summed E-state index contributed by atoms with van der Waals surface area (Å²) in [5, 5.41) is 8.61. The van der Waals surface area contributed by atoms with Crippen LogP contribution >= 0.6 is 0 Å². The lowest BCUT2D eigenvalue weighted by molar-refractivity contribution is -0.131. The number of carboxylic acid groups (broad SMARTS) is 1. The zero-order valence-electron chi connectivity index (χ0n) is 11.3. The van der Waals surface area contributed by atoms with Crippen molar-refractivity contribution < 1.29 is 14.6 Å². The molecule has 0 aliphatic heterocycles. The molecule has 0 heterocycles. The van der Waals surface area contributed by atoms with Crippen molar-refractivity contribution in [3.8, 4) is 18.1 Å². The second kappa shape index (κ2) is 7.27. The Morgan fingerprint density at radius 3 is 2.58 bits per heavy atom. The van der Waals surface area contributed by atoms with E-state index in [-0.39, 0.29) is 0 Å². The van der Waals surface area contributed by atoms with Gasteiger partial charge in [-0.05, 0) is 55.2 Å². The molecule has 0 unspecified atom stereocenters. The molecule has 0 bridgehead atoms. The molecule has 0 atom stereocenters. The molecule has 100 valence electrons. The lowest BCUT2D eigenvalue weighted by Gasteiger charge is -2.12. The van der Waals surface area contributed by atoms with Crippen LogP contribution in [0.3, 0.4) is 0 Å². The van der Waals surface area contributed by atoms with Crippen LogP contribution in [0.1, 0.15) is 29.5 Å². The normalized spacial score (nSPS) is 10.4. The first-order chi connectivity index (χ1) is 9.04. The monoisotopic (exact) mass is 258 g/mol. The average molecular weight is 258 g/mol. The van der Waals surface area contributed by atoms with Crippen molar-refractivity contribution in [2.75, 3.05) is 6.61 Å². The maximum Gasteiger partial charge on any atom is 0.328 e. The number of aliphatic carboxylic acids is 1. The van der Waals surface area contributed by atoms with Gasteiger partial charge in [-0.25, -0.2) is 4.79 Å². The number of ether oxygens (including phenoxy) is 1. The first-order valence-corrected chi connectivity index (χ1v) is 6.13. The molecule has 0 saturated carbocycles. The second-order valence-corrected chi connectivity index (χ2v) is 4.31. The summed E-state index contributed by atoms with van der Waals surface area (Å²) in [5.74, 6) is 2.47. The third kappa shape index (κ3) is 4.89. The summed E-state index contributed by atoms with van der Waals surface area (Å²) < 4.78 is 5.71. The molecule has 0 saturated heterocycles. The zero-order chi connectivity index (χ0) is 14.3. The van der Waals surface area contributed by atoms with Crippen LogP contribution in [0.25, 0.3) is 6.08 Å². The Hall–Kier alpha value is -2.21. The molecular formula is C16H18O3.